The average molecular weight is 376 g/mol. The molecule has 0 radical (unpaired) electrons. The smallest absolute Gasteiger partial charge is 0.267 e. The Balaban J connectivity index is 2.29. The summed E-state index contributed by atoms with van der Waals surface area (Å²) in [6.45, 7) is 8.27. The van der Waals surface area contributed by atoms with Crippen LogP contribution in [0.3, 0.4) is 0 Å². The fourth-order valence-corrected chi connectivity index (χ4v) is 3.97. The number of amides is 1. The molecule has 0 unspecified atom stereocenters. The molecule has 0 atom stereocenters. The van der Waals surface area contributed by atoms with Gasteiger partial charge in [0.1, 0.15) is 11.6 Å². The second kappa shape index (κ2) is 7.18. The molecule has 0 aromatic heterocycles. The summed E-state index contributed by atoms with van der Waals surface area (Å²) in [7, 11) is 0. The number of carbonyl (C=O) groups is 1. The molecule has 2 rings (SSSR count). The number of rotatable bonds is 3. The van der Waals surface area contributed by atoms with E-state index in [9.17, 15) is 10.1 Å². The largest absolute Gasteiger partial charge is 0.398 e. The Bertz CT molecular complexity index is 761. The van der Waals surface area contributed by atoms with Crippen molar-refractivity contribution in [3.63, 3.8) is 0 Å². The first-order chi connectivity index (χ1) is 12.0. The maximum Gasteiger partial charge on any atom is 0.267 e. The Morgan fingerprint density at radius 1 is 1.35 bits per heavy atom. The molecule has 1 heterocycles. The number of anilines is 2. The van der Waals surface area contributed by atoms with Gasteiger partial charge in [0, 0.05) is 29.0 Å². The first-order valence-corrected chi connectivity index (χ1v) is 8.87. The predicted octanol–water partition coefficient (Wildman–Crippen LogP) is 3.25. The van der Waals surface area contributed by atoms with Crippen molar-refractivity contribution in [1.29, 1.82) is 5.26 Å². The molecule has 1 aromatic carbocycles. The van der Waals surface area contributed by atoms with E-state index < -0.39 is 5.91 Å². The summed E-state index contributed by atoms with van der Waals surface area (Å²) in [5.74, 6) is -0.491. The minimum atomic E-state index is -0.491. The number of likely N-dealkylation sites (tertiary alicyclic amines) is 1. The standard InChI is InChI=1S/C19H26ClN5O/c1-18(2)8-13(22)9-19(3,4)25(18)11-12(10-21)17(26)24-14-5-6-16(23)15(20)7-14/h5-7,11,13H,8-9,22-23H2,1-4H3,(H,24,26)/b12-11-. The van der Waals surface area contributed by atoms with Crippen LogP contribution in [0.2, 0.25) is 5.02 Å². The van der Waals surface area contributed by atoms with Gasteiger partial charge in [0.2, 0.25) is 0 Å². The number of benzene rings is 1. The topological polar surface area (TPSA) is 108 Å². The van der Waals surface area contributed by atoms with Crippen LogP contribution in [0, 0.1) is 11.3 Å². The number of hydrogen-bond acceptors (Lipinski definition) is 5. The lowest BCUT2D eigenvalue weighted by atomic mass is 9.77. The van der Waals surface area contributed by atoms with Crippen LogP contribution < -0.4 is 16.8 Å². The Kier molecular flexibility index (Phi) is 5.55. The monoisotopic (exact) mass is 375 g/mol. The van der Waals surface area contributed by atoms with Crippen molar-refractivity contribution in [2.75, 3.05) is 11.1 Å². The normalized spacial score (nSPS) is 19.7. The average Bonchev–Trinajstić information content (AvgIpc) is 2.48. The summed E-state index contributed by atoms with van der Waals surface area (Å²) in [5.41, 5.74) is 12.2. The van der Waals surface area contributed by atoms with Gasteiger partial charge in [0.15, 0.2) is 0 Å². The molecule has 140 valence electrons. The van der Waals surface area contributed by atoms with Crippen LogP contribution >= 0.6 is 11.6 Å². The molecule has 1 amide bonds. The number of nitriles is 1. The van der Waals surface area contributed by atoms with Crippen LogP contribution in [0.4, 0.5) is 11.4 Å². The van der Waals surface area contributed by atoms with Gasteiger partial charge < -0.3 is 21.7 Å². The highest BCUT2D eigenvalue weighted by Gasteiger charge is 2.43. The second-order valence-electron chi connectivity index (χ2n) is 8.01. The molecular formula is C19H26ClN5O. The molecular weight excluding hydrogens is 350 g/mol. The number of halogens is 1. The summed E-state index contributed by atoms with van der Waals surface area (Å²) in [6, 6.07) is 6.88. The molecule has 0 aliphatic carbocycles. The van der Waals surface area contributed by atoms with Gasteiger partial charge >= 0.3 is 0 Å². The van der Waals surface area contributed by atoms with Gasteiger partial charge in [0.05, 0.1) is 10.7 Å². The van der Waals surface area contributed by atoms with Crippen molar-refractivity contribution >= 4 is 28.9 Å². The van der Waals surface area contributed by atoms with E-state index in [1.807, 2.05) is 6.07 Å². The SMILES string of the molecule is CC1(C)CC(N)CC(C)(C)N1/C=C(/C#N)C(=O)Nc1ccc(N)c(Cl)c1. The van der Waals surface area contributed by atoms with E-state index in [4.69, 9.17) is 23.1 Å². The molecule has 1 aliphatic heterocycles. The van der Waals surface area contributed by atoms with Crippen molar-refractivity contribution in [1.82, 2.24) is 4.90 Å². The Hall–Kier alpha value is -2.23. The van der Waals surface area contributed by atoms with Gasteiger partial charge in [-0.3, -0.25) is 4.79 Å². The Morgan fingerprint density at radius 3 is 2.42 bits per heavy atom. The van der Waals surface area contributed by atoms with Crippen molar-refractivity contribution in [3.05, 3.63) is 35.0 Å². The molecule has 1 aliphatic rings. The summed E-state index contributed by atoms with van der Waals surface area (Å²) in [6.07, 6.45) is 3.20. The van der Waals surface area contributed by atoms with Gasteiger partial charge in [-0.15, -0.1) is 0 Å². The molecule has 0 spiro atoms. The van der Waals surface area contributed by atoms with Crippen LogP contribution in [0.15, 0.2) is 30.0 Å². The number of hydrogen-bond donors (Lipinski definition) is 3. The first-order valence-electron chi connectivity index (χ1n) is 8.49. The van der Waals surface area contributed by atoms with Gasteiger partial charge in [-0.05, 0) is 58.7 Å². The maximum atomic E-state index is 12.6. The Labute approximate surface area is 159 Å². The molecule has 6 nitrogen and oxygen atoms in total. The number of carbonyl (C=O) groups excluding carboxylic acids is 1. The maximum absolute atomic E-state index is 12.6. The summed E-state index contributed by atoms with van der Waals surface area (Å²) in [4.78, 5) is 14.6. The lowest BCUT2D eigenvalue weighted by Gasteiger charge is -2.54. The van der Waals surface area contributed by atoms with Crippen LogP contribution in [0.5, 0.6) is 0 Å². The fraction of sp³-hybridized carbons (Fsp3) is 0.474. The van der Waals surface area contributed by atoms with Gasteiger partial charge in [-0.1, -0.05) is 11.6 Å². The van der Waals surface area contributed by atoms with E-state index in [0.717, 1.165) is 12.8 Å². The molecule has 7 heteroatoms. The van der Waals surface area contributed by atoms with Crippen molar-refractivity contribution in [2.24, 2.45) is 5.73 Å². The fourth-order valence-electron chi connectivity index (χ4n) is 3.79. The second-order valence-corrected chi connectivity index (χ2v) is 8.42. The van der Waals surface area contributed by atoms with Crippen molar-refractivity contribution in [2.45, 2.75) is 57.7 Å². The summed E-state index contributed by atoms with van der Waals surface area (Å²) < 4.78 is 0. The van der Waals surface area contributed by atoms with Crippen LogP contribution in [-0.4, -0.2) is 27.9 Å². The zero-order valence-corrected chi connectivity index (χ0v) is 16.4. The van der Waals surface area contributed by atoms with Gasteiger partial charge in [-0.2, -0.15) is 5.26 Å². The van der Waals surface area contributed by atoms with E-state index in [0.29, 0.717) is 16.4 Å². The zero-order chi connectivity index (χ0) is 19.7. The number of nitrogens with two attached hydrogens (primary N) is 2. The van der Waals surface area contributed by atoms with Gasteiger partial charge in [0.25, 0.3) is 5.91 Å². The van der Waals surface area contributed by atoms with E-state index in [2.05, 4.69) is 37.9 Å². The first kappa shape index (κ1) is 20.1. The van der Waals surface area contributed by atoms with E-state index >= 15 is 0 Å². The quantitative estimate of drug-likeness (QED) is 0.427. The molecule has 1 aromatic rings. The van der Waals surface area contributed by atoms with E-state index in [1.54, 1.807) is 24.4 Å². The van der Waals surface area contributed by atoms with Crippen molar-refractivity contribution in [3.8, 4) is 6.07 Å². The molecule has 26 heavy (non-hydrogen) atoms. The summed E-state index contributed by atoms with van der Waals surface area (Å²) in [5, 5.41) is 12.6. The molecule has 1 saturated heterocycles. The molecule has 5 N–H and O–H groups in total. The minimum absolute atomic E-state index is 0.0227. The highest BCUT2D eigenvalue weighted by molar-refractivity contribution is 6.33. The van der Waals surface area contributed by atoms with E-state index in [-0.39, 0.29) is 22.7 Å². The number of nitrogens with zero attached hydrogens (tertiary/aromatic N) is 2. The highest BCUT2D eigenvalue weighted by Crippen LogP contribution is 2.38. The van der Waals surface area contributed by atoms with E-state index in [1.165, 1.54) is 0 Å². The lowest BCUT2D eigenvalue weighted by molar-refractivity contribution is -0.112. The number of nitrogen functional groups attached to an aromatic ring is 1. The zero-order valence-electron chi connectivity index (χ0n) is 15.6. The number of nitrogens with one attached hydrogen (secondary N) is 1. The number of piperidine rings is 1. The van der Waals surface area contributed by atoms with Crippen molar-refractivity contribution < 1.29 is 4.79 Å². The van der Waals surface area contributed by atoms with Crippen LogP contribution in [0.1, 0.15) is 40.5 Å². The third kappa shape index (κ3) is 4.29. The lowest BCUT2D eigenvalue weighted by Crippen LogP contribution is -2.61. The van der Waals surface area contributed by atoms with Crippen LogP contribution in [0.25, 0.3) is 0 Å². The highest BCUT2D eigenvalue weighted by atomic mass is 35.5. The van der Waals surface area contributed by atoms with Crippen LogP contribution in [-0.2, 0) is 4.79 Å². The molecule has 1 fully saturated rings. The minimum Gasteiger partial charge on any atom is -0.398 e. The summed E-state index contributed by atoms with van der Waals surface area (Å²) >= 11 is 5.98. The Morgan fingerprint density at radius 2 is 1.92 bits per heavy atom. The molecule has 0 saturated carbocycles. The predicted molar refractivity (Wildman–Crippen MR) is 105 cm³/mol. The third-order valence-electron chi connectivity index (χ3n) is 4.71. The molecule has 0 bridgehead atoms. The third-order valence-corrected chi connectivity index (χ3v) is 5.04. The van der Waals surface area contributed by atoms with Gasteiger partial charge in [-0.25, -0.2) is 0 Å².